The number of hydrogen-bond donors (Lipinski definition) is 0. The molecule has 0 aliphatic carbocycles. The largest absolute Gasteiger partial charge is 0.212 e. The number of aryl methyl sites for hydroxylation is 5. The molecule has 0 saturated heterocycles. The van der Waals surface area contributed by atoms with Crippen LogP contribution in [0.1, 0.15) is 52.6 Å². The molecule has 0 amide bonds. The van der Waals surface area contributed by atoms with Gasteiger partial charge < -0.3 is 0 Å². The van der Waals surface area contributed by atoms with Gasteiger partial charge in [0.1, 0.15) is 7.05 Å². The topological polar surface area (TPSA) is 3.88 Å². The Hall–Kier alpha value is -1.63. The van der Waals surface area contributed by atoms with Gasteiger partial charge in [0.15, 0.2) is 6.20 Å². The predicted molar refractivity (Wildman–Crippen MR) is 90.5 cm³/mol. The van der Waals surface area contributed by atoms with Gasteiger partial charge in [-0.2, -0.15) is 0 Å². The van der Waals surface area contributed by atoms with Gasteiger partial charge in [0, 0.05) is 28.2 Å². The third-order valence-electron chi connectivity index (χ3n) is 3.57. The highest BCUT2D eigenvalue weighted by Crippen LogP contribution is 2.26. The molecule has 2 aromatic rings. The smallest absolute Gasteiger partial charge is 0.201 e. The molecule has 1 aromatic heterocycles. The Bertz CT molecular complexity index is 924. The summed E-state index contributed by atoms with van der Waals surface area (Å²) < 4.78 is 65.4. The Kier molecular flexibility index (Phi) is 2.32. The van der Waals surface area contributed by atoms with Crippen molar-refractivity contribution in [3.63, 3.8) is 0 Å². The molecule has 1 heteroatoms. The molecule has 1 heterocycles. The van der Waals surface area contributed by atoms with Gasteiger partial charge in [-0.3, -0.25) is 0 Å². The zero-order chi connectivity index (χ0) is 22.5. The molecule has 0 atom stereocenters. The van der Waals surface area contributed by atoms with Crippen LogP contribution in [0.4, 0.5) is 0 Å². The van der Waals surface area contributed by atoms with Gasteiger partial charge in [0.2, 0.25) is 5.69 Å². The van der Waals surface area contributed by atoms with Gasteiger partial charge in [-0.15, -0.1) is 0 Å². The fourth-order valence-corrected chi connectivity index (χ4v) is 2.44. The Morgan fingerprint density at radius 2 is 1.76 bits per heavy atom. The average molecular weight is 290 g/mol. The van der Waals surface area contributed by atoms with Crippen LogP contribution in [0.5, 0.6) is 0 Å². The van der Waals surface area contributed by atoms with Crippen molar-refractivity contribution in [3.05, 3.63) is 52.2 Å². The van der Waals surface area contributed by atoms with E-state index in [1.807, 2.05) is 0 Å². The van der Waals surface area contributed by atoms with Crippen molar-refractivity contribution < 1.29 is 15.5 Å². The summed E-state index contributed by atoms with van der Waals surface area (Å²) in [6.45, 7) is 2.30. The van der Waals surface area contributed by atoms with Crippen molar-refractivity contribution in [2.45, 2.75) is 47.8 Å². The Morgan fingerprint density at radius 3 is 2.38 bits per heavy atom. The summed E-state index contributed by atoms with van der Waals surface area (Å²) in [5, 5.41) is 0. The zero-order valence-electron chi connectivity index (χ0n) is 21.3. The maximum atomic E-state index is 8.52. The first-order chi connectivity index (χ1) is 13.0. The first-order valence-corrected chi connectivity index (χ1v) is 7.14. The zero-order valence-corrected chi connectivity index (χ0v) is 13.3. The first kappa shape index (κ1) is 8.12. The molecule has 2 rings (SSSR count). The van der Waals surface area contributed by atoms with E-state index in [0.29, 0.717) is 11.3 Å². The van der Waals surface area contributed by atoms with Crippen LogP contribution in [0.3, 0.4) is 0 Å². The number of aromatic nitrogens is 1. The second-order valence-electron chi connectivity index (χ2n) is 5.88. The van der Waals surface area contributed by atoms with Gasteiger partial charge in [-0.25, -0.2) is 4.57 Å². The molecule has 112 valence electrons. The molecular weight excluding hydrogens is 254 g/mol. The van der Waals surface area contributed by atoms with Gasteiger partial charge in [0.25, 0.3) is 0 Å². The molecule has 21 heavy (non-hydrogen) atoms. The summed E-state index contributed by atoms with van der Waals surface area (Å²) >= 11 is 0. The monoisotopic (exact) mass is 290 g/mol. The molecule has 0 unspecified atom stereocenters. The molecule has 0 aliphatic rings. The molecule has 0 saturated carbocycles. The predicted octanol–water partition coefficient (Wildman–Crippen LogP) is 4.61. The van der Waals surface area contributed by atoms with E-state index < -0.39 is 26.0 Å². The van der Waals surface area contributed by atoms with E-state index in [1.165, 1.54) is 6.20 Å². The van der Waals surface area contributed by atoms with Crippen LogP contribution >= 0.6 is 0 Å². The number of nitrogens with zero attached hydrogens (tertiary/aromatic N) is 1. The lowest BCUT2D eigenvalue weighted by Gasteiger charge is -2.12. The maximum Gasteiger partial charge on any atom is 0.212 e. The summed E-state index contributed by atoms with van der Waals surface area (Å²) in [6.07, 6.45) is -0.376. The van der Waals surface area contributed by atoms with E-state index in [2.05, 4.69) is 0 Å². The second-order valence-corrected chi connectivity index (χ2v) is 5.88. The Morgan fingerprint density at radius 1 is 1.05 bits per heavy atom. The van der Waals surface area contributed by atoms with Crippen LogP contribution in [0.25, 0.3) is 11.3 Å². The van der Waals surface area contributed by atoms with Crippen molar-refractivity contribution >= 4 is 0 Å². The minimum absolute atomic E-state index is 0.0177. The van der Waals surface area contributed by atoms with Crippen LogP contribution in [0.2, 0.25) is 0 Å². The van der Waals surface area contributed by atoms with E-state index >= 15 is 0 Å². The minimum atomic E-state index is -2.45. The summed E-state index contributed by atoms with van der Waals surface area (Å²) in [6, 6.07) is 5.00. The molecule has 1 nitrogen and oxygen atoms in total. The van der Waals surface area contributed by atoms with Gasteiger partial charge in [-0.1, -0.05) is 19.9 Å². The van der Waals surface area contributed by atoms with Crippen LogP contribution in [0, 0.1) is 33.5 Å². The van der Waals surface area contributed by atoms with Crippen LogP contribution in [-0.2, 0) is 13.4 Å². The summed E-state index contributed by atoms with van der Waals surface area (Å²) in [5.41, 5.74) is 3.12. The SMILES string of the molecule is [2H]C([2H])([2H])c1cc(C)c(-c2cc(C([2H])([2H])C(C)C)c(C([2H])([2H])[2H])c[n+]2C)cc1C. The van der Waals surface area contributed by atoms with Crippen molar-refractivity contribution in [2.75, 3.05) is 0 Å². The number of benzene rings is 1. The molecule has 1 aromatic carbocycles. The van der Waals surface area contributed by atoms with Crippen LogP contribution < -0.4 is 4.57 Å². The molecule has 0 spiro atoms. The lowest BCUT2D eigenvalue weighted by atomic mass is 9.94. The molecule has 0 bridgehead atoms. The van der Waals surface area contributed by atoms with E-state index in [-0.39, 0.29) is 16.7 Å². The van der Waals surface area contributed by atoms with Crippen molar-refractivity contribution in [1.29, 1.82) is 0 Å². The van der Waals surface area contributed by atoms with Crippen LogP contribution in [0.15, 0.2) is 24.4 Å². The van der Waals surface area contributed by atoms with E-state index in [9.17, 15) is 0 Å². The standard InChI is InChI=1S/C20H28N/c1-13(2)8-18-11-20(21(7)12-17(18)6)19-10-15(4)14(3)9-16(19)5/h9-13H,8H2,1-7H3/q+1/i3D3,6D3,8D2. The average Bonchev–Trinajstić information content (AvgIpc) is 2.54. The fraction of sp³-hybridized carbons (Fsp3) is 0.450. The number of pyridine rings is 1. The van der Waals surface area contributed by atoms with Crippen molar-refractivity contribution in [2.24, 2.45) is 13.0 Å². The number of rotatable bonds is 3. The van der Waals surface area contributed by atoms with E-state index in [0.717, 1.165) is 11.1 Å². The molecule has 0 radical (unpaired) electrons. The lowest BCUT2D eigenvalue weighted by Crippen LogP contribution is -2.32. The number of hydrogen-bond acceptors (Lipinski definition) is 0. The lowest BCUT2D eigenvalue weighted by molar-refractivity contribution is -0.660. The van der Waals surface area contributed by atoms with Gasteiger partial charge in [-0.05, 0) is 68.2 Å². The summed E-state index contributed by atoms with van der Waals surface area (Å²) in [7, 11) is 1.71. The van der Waals surface area contributed by atoms with Crippen LogP contribution in [-0.4, -0.2) is 0 Å². The summed E-state index contributed by atoms with van der Waals surface area (Å²) in [5.74, 6) is -0.426. The summed E-state index contributed by atoms with van der Waals surface area (Å²) in [4.78, 5) is 0. The molecule has 0 N–H and O–H groups in total. The van der Waals surface area contributed by atoms with Crippen molar-refractivity contribution in [1.82, 2.24) is 0 Å². The molecule has 0 aliphatic heterocycles. The fourth-order valence-electron chi connectivity index (χ4n) is 2.44. The molecular formula is C20H28N+. The first-order valence-electron chi connectivity index (χ1n) is 11.1. The maximum absolute atomic E-state index is 8.52. The third-order valence-corrected chi connectivity index (χ3v) is 3.57. The Labute approximate surface area is 140 Å². The highest BCUT2D eigenvalue weighted by Gasteiger charge is 2.17. The Balaban J connectivity index is 2.84. The quantitative estimate of drug-likeness (QED) is 0.727. The highest BCUT2D eigenvalue weighted by molar-refractivity contribution is 5.64. The highest BCUT2D eigenvalue weighted by atomic mass is 14.9. The normalized spacial score (nSPS) is 18.8. The second kappa shape index (κ2) is 6.01. The van der Waals surface area contributed by atoms with Gasteiger partial charge >= 0.3 is 0 Å². The minimum Gasteiger partial charge on any atom is -0.201 e. The van der Waals surface area contributed by atoms with Gasteiger partial charge in [0.05, 0.1) is 0 Å². The van der Waals surface area contributed by atoms with E-state index in [1.54, 1.807) is 57.5 Å². The van der Waals surface area contributed by atoms with Crippen molar-refractivity contribution in [3.8, 4) is 11.3 Å². The molecule has 0 fully saturated rings. The third kappa shape index (κ3) is 3.34. The van der Waals surface area contributed by atoms with E-state index in [4.69, 9.17) is 11.0 Å².